The maximum Gasteiger partial charge on any atom is 0.191 e. The Morgan fingerprint density at radius 2 is 2.08 bits per heavy atom. The van der Waals surface area contributed by atoms with Gasteiger partial charge in [0.25, 0.3) is 0 Å². The smallest absolute Gasteiger partial charge is 0.191 e. The van der Waals surface area contributed by atoms with E-state index in [2.05, 4.69) is 30.1 Å². The van der Waals surface area contributed by atoms with E-state index < -0.39 is 0 Å². The molecule has 7 nitrogen and oxygen atoms in total. The van der Waals surface area contributed by atoms with Gasteiger partial charge in [-0.15, -0.1) is 0 Å². The highest BCUT2D eigenvalue weighted by Gasteiger charge is 2.19. The molecular formula is C19H36N6O. The average molecular weight is 365 g/mol. The van der Waals surface area contributed by atoms with Crippen LogP contribution in [0.5, 0.6) is 0 Å². The van der Waals surface area contributed by atoms with Gasteiger partial charge in [-0.3, -0.25) is 4.99 Å². The van der Waals surface area contributed by atoms with Crippen LogP contribution in [0.1, 0.15) is 37.9 Å². The van der Waals surface area contributed by atoms with Gasteiger partial charge in [0.15, 0.2) is 5.96 Å². The van der Waals surface area contributed by atoms with Crippen molar-refractivity contribution in [2.24, 2.45) is 4.99 Å². The zero-order valence-electron chi connectivity index (χ0n) is 16.7. The van der Waals surface area contributed by atoms with E-state index in [9.17, 15) is 0 Å². The van der Waals surface area contributed by atoms with Crippen LogP contribution in [0.15, 0.2) is 17.4 Å². The summed E-state index contributed by atoms with van der Waals surface area (Å²) in [5, 5.41) is 7.03. The average Bonchev–Trinajstić information content (AvgIpc) is 3.07. The number of aryl methyl sites for hydroxylation is 2. The van der Waals surface area contributed by atoms with Gasteiger partial charge < -0.3 is 24.8 Å². The van der Waals surface area contributed by atoms with Crippen LogP contribution in [0.2, 0.25) is 0 Å². The molecule has 0 radical (unpaired) electrons. The van der Waals surface area contributed by atoms with E-state index in [1.807, 2.05) is 26.4 Å². The first kappa shape index (κ1) is 20.7. The largest absolute Gasteiger partial charge is 0.385 e. The third-order valence-corrected chi connectivity index (χ3v) is 5.02. The molecule has 0 bridgehead atoms. The van der Waals surface area contributed by atoms with Crippen molar-refractivity contribution in [2.45, 2.75) is 51.6 Å². The molecule has 1 aliphatic rings. The minimum Gasteiger partial charge on any atom is -0.385 e. The first-order valence-electron chi connectivity index (χ1n) is 9.89. The quantitative estimate of drug-likeness (QED) is 0.375. The molecule has 7 heteroatoms. The van der Waals surface area contributed by atoms with Crippen LogP contribution in [0, 0.1) is 6.92 Å². The number of rotatable bonds is 10. The summed E-state index contributed by atoms with van der Waals surface area (Å²) >= 11 is 0. The molecule has 1 aromatic rings. The Hall–Kier alpha value is -1.60. The van der Waals surface area contributed by atoms with Gasteiger partial charge in [-0.25, -0.2) is 4.98 Å². The number of imidazole rings is 1. The van der Waals surface area contributed by atoms with Crippen molar-refractivity contribution in [3.8, 4) is 0 Å². The lowest BCUT2D eigenvalue weighted by Crippen LogP contribution is -2.49. The summed E-state index contributed by atoms with van der Waals surface area (Å²) in [5.41, 5.74) is 0. The Bertz CT molecular complexity index is 522. The molecule has 2 N–H and O–H groups in total. The molecule has 0 unspecified atom stereocenters. The standard InChI is InChI=1S/C19H36N6O/c1-17-21-10-15-25(17)12-5-4-9-22-19(20-2)23-18-7-13-24(14-8-18)11-6-16-26-3/h10,15,18H,4-9,11-14,16H2,1-3H3,(H2,20,22,23). The van der Waals surface area contributed by atoms with Gasteiger partial charge in [0.05, 0.1) is 0 Å². The Kier molecular flexibility index (Phi) is 9.48. The number of piperidine rings is 1. The number of hydrogen-bond donors (Lipinski definition) is 2. The van der Waals surface area contributed by atoms with E-state index in [0.717, 1.165) is 70.4 Å². The molecular weight excluding hydrogens is 328 g/mol. The van der Waals surface area contributed by atoms with Crippen molar-refractivity contribution in [1.29, 1.82) is 0 Å². The zero-order valence-corrected chi connectivity index (χ0v) is 16.7. The summed E-state index contributed by atoms with van der Waals surface area (Å²) in [6, 6.07) is 0.522. The van der Waals surface area contributed by atoms with E-state index >= 15 is 0 Å². The minimum atomic E-state index is 0.522. The Morgan fingerprint density at radius 3 is 2.73 bits per heavy atom. The molecule has 0 amide bonds. The molecule has 2 rings (SSSR count). The van der Waals surface area contributed by atoms with Gasteiger partial charge in [-0.05, 0) is 39.0 Å². The first-order chi connectivity index (χ1) is 12.7. The molecule has 1 aromatic heterocycles. The number of hydrogen-bond acceptors (Lipinski definition) is 4. The second-order valence-electron chi connectivity index (χ2n) is 6.98. The third kappa shape index (κ3) is 7.33. The number of ether oxygens (including phenoxy) is 1. The molecule has 0 saturated carbocycles. The number of methoxy groups -OCH3 is 1. The number of nitrogens with one attached hydrogen (secondary N) is 2. The zero-order chi connectivity index (χ0) is 18.6. The molecule has 26 heavy (non-hydrogen) atoms. The van der Waals surface area contributed by atoms with Crippen LogP contribution in [-0.2, 0) is 11.3 Å². The normalized spacial score (nSPS) is 16.8. The number of guanidine groups is 1. The van der Waals surface area contributed by atoms with Crippen LogP contribution in [0.4, 0.5) is 0 Å². The van der Waals surface area contributed by atoms with Gasteiger partial charge in [-0.1, -0.05) is 0 Å². The molecule has 1 saturated heterocycles. The fourth-order valence-electron chi connectivity index (χ4n) is 3.38. The van der Waals surface area contributed by atoms with E-state index in [4.69, 9.17) is 4.74 Å². The highest BCUT2D eigenvalue weighted by atomic mass is 16.5. The van der Waals surface area contributed by atoms with Gasteiger partial charge >= 0.3 is 0 Å². The van der Waals surface area contributed by atoms with Crippen LogP contribution in [0.25, 0.3) is 0 Å². The Labute approximate surface area is 158 Å². The summed E-state index contributed by atoms with van der Waals surface area (Å²) < 4.78 is 7.34. The maximum absolute atomic E-state index is 5.14. The second kappa shape index (κ2) is 11.9. The summed E-state index contributed by atoms with van der Waals surface area (Å²) in [5.74, 6) is 2.02. The van der Waals surface area contributed by atoms with Crippen molar-refractivity contribution >= 4 is 5.96 Å². The van der Waals surface area contributed by atoms with Gasteiger partial charge in [-0.2, -0.15) is 0 Å². The van der Waals surface area contributed by atoms with E-state index in [1.165, 1.54) is 12.8 Å². The molecule has 0 aromatic carbocycles. The van der Waals surface area contributed by atoms with Crippen LogP contribution < -0.4 is 10.6 Å². The van der Waals surface area contributed by atoms with Crippen LogP contribution >= 0.6 is 0 Å². The molecule has 1 aliphatic heterocycles. The number of aromatic nitrogens is 2. The van der Waals surface area contributed by atoms with E-state index in [1.54, 1.807) is 7.11 Å². The molecule has 148 valence electrons. The van der Waals surface area contributed by atoms with Gasteiger partial charge in [0, 0.05) is 71.9 Å². The van der Waals surface area contributed by atoms with Crippen molar-refractivity contribution in [3.05, 3.63) is 18.2 Å². The van der Waals surface area contributed by atoms with E-state index in [-0.39, 0.29) is 0 Å². The number of unbranched alkanes of at least 4 members (excludes halogenated alkanes) is 1. The monoisotopic (exact) mass is 364 g/mol. The molecule has 0 aliphatic carbocycles. The number of nitrogens with zero attached hydrogens (tertiary/aromatic N) is 4. The number of likely N-dealkylation sites (tertiary alicyclic amines) is 1. The Morgan fingerprint density at radius 1 is 1.27 bits per heavy atom. The number of aliphatic imine (C=N–C) groups is 1. The molecule has 0 atom stereocenters. The highest BCUT2D eigenvalue weighted by molar-refractivity contribution is 5.79. The first-order valence-corrected chi connectivity index (χ1v) is 9.89. The van der Waals surface area contributed by atoms with Gasteiger partial charge in [0.1, 0.15) is 5.82 Å². The van der Waals surface area contributed by atoms with Crippen molar-refractivity contribution in [1.82, 2.24) is 25.1 Å². The molecule has 0 spiro atoms. The summed E-state index contributed by atoms with van der Waals surface area (Å²) in [4.78, 5) is 11.2. The maximum atomic E-state index is 5.14. The fraction of sp³-hybridized carbons (Fsp3) is 0.789. The second-order valence-corrected chi connectivity index (χ2v) is 6.98. The van der Waals surface area contributed by atoms with Crippen LogP contribution in [-0.4, -0.2) is 73.4 Å². The van der Waals surface area contributed by atoms with Crippen molar-refractivity contribution in [3.63, 3.8) is 0 Å². The Balaban J connectivity index is 1.56. The predicted octanol–water partition coefficient (Wildman–Crippen LogP) is 1.64. The molecule has 2 heterocycles. The van der Waals surface area contributed by atoms with Crippen molar-refractivity contribution < 1.29 is 4.74 Å². The van der Waals surface area contributed by atoms with Crippen molar-refractivity contribution in [2.75, 3.05) is 46.9 Å². The topological polar surface area (TPSA) is 66.7 Å². The van der Waals surface area contributed by atoms with E-state index in [0.29, 0.717) is 6.04 Å². The molecule has 1 fully saturated rings. The minimum absolute atomic E-state index is 0.522. The SMILES string of the molecule is CN=C(NCCCCn1ccnc1C)NC1CCN(CCCOC)CC1. The fourth-order valence-corrected chi connectivity index (χ4v) is 3.38. The summed E-state index contributed by atoms with van der Waals surface area (Å²) in [6.45, 7) is 8.33. The lowest BCUT2D eigenvalue weighted by atomic mass is 10.1. The predicted molar refractivity (Wildman–Crippen MR) is 107 cm³/mol. The highest BCUT2D eigenvalue weighted by Crippen LogP contribution is 2.10. The summed E-state index contributed by atoms with van der Waals surface area (Å²) in [7, 11) is 3.62. The van der Waals surface area contributed by atoms with Gasteiger partial charge in [0.2, 0.25) is 0 Å². The lowest BCUT2D eigenvalue weighted by Gasteiger charge is -2.33. The van der Waals surface area contributed by atoms with Crippen LogP contribution in [0.3, 0.4) is 0 Å². The lowest BCUT2D eigenvalue weighted by molar-refractivity contribution is 0.155. The third-order valence-electron chi connectivity index (χ3n) is 5.02. The summed E-state index contributed by atoms with van der Waals surface area (Å²) in [6.07, 6.45) is 9.64.